The topological polar surface area (TPSA) is 29.1 Å². The predicted molar refractivity (Wildman–Crippen MR) is 56.7 cm³/mol. The van der Waals surface area contributed by atoms with Crippen molar-refractivity contribution >= 4 is 11.5 Å². The minimum atomic E-state index is 0.0892. The van der Waals surface area contributed by atoms with E-state index < -0.39 is 0 Å². The normalized spacial score (nSPS) is 19.4. The smallest absolute Gasteiger partial charge is 0.247 e. The third kappa shape index (κ3) is 1.55. The number of nitrogens with one attached hydrogen (secondary N) is 1. The van der Waals surface area contributed by atoms with Crippen LogP contribution in [0.2, 0.25) is 0 Å². The summed E-state index contributed by atoms with van der Waals surface area (Å²) in [5.74, 6) is 0.0892. The third-order valence-electron chi connectivity index (χ3n) is 2.59. The molecule has 1 N–H and O–H groups in total. The van der Waals surface area contributed by atoms with Crippen molar-refractivity contribution in [3.63, 3.8) is 0 Å². The van der Waals surface area contributed by atoms with Crippen LogP contribution in [0.25, 0.3) is 5.57 Å². The van der Waals surface area contributed by atoms with Gasteiger partial charge in [-0.1, -0.05) is 30.3 Å². The molecule has 1 aliphatic heterocycles. The van der Waals surface area contributed by atoms with Gasteiger partial charge in [0.15, 0.2) is 0 Å². The summed E-state index contributed by atoms with van der Waals surface area (Å²) in [6.07, 6.45) is 0.847. The summed E-state index contributed by atoms with van der Waals surface area (Å²) < 4.78 is 0. The first-order chi connectivity index (χ1) is 6.79. The van der Waals surface area contributed by atoms with Crippen LogP contribution < -0.4 is 5.32 Å². The number of hydrogen-bond donors (Lipinski definition) is 1. The summed E-state index contributed by atoms with van der Waals surface area (Å²) in [5, 5.41) is 2.82. The summed E-state index contributed by atoms with van der Waals surface area (Å²) in [6, 6.07) is 10.0. The zero-order valence-corrected chi connectivity index (χ0v) is 8.21. The molecule has 2 rings (SSSR count). The first-order valence-electron chi connectivity index (χ1n) is 4.82. The molecular weight excluding hydrogens is 174 g/mol. The van der Waals surface area contributed by atoms with Gasteiger partial charge in [0.05, 0.1) is 0 Å². The number of allylic oxidation sites excluding steroid dienone is 1. The van der Waals surface area contributed by atoms with E-state index in [1.807, 2.05) is 37.3 Å². The van der Waals surface area contributed by atoms with Crippen LogP contribution in [0.15, 0.2) is 35.9 Å². The largest absolute Gasteiger partial charge is 0.352 e. The molecule has 14 heavy (non-hydrogen) atoms. The maximum absolute atomic E-state index is 11.4. The van der Waals surface area contributed by atoms with Gasteiger partial charge in [0.1, 0.15) is 0 Å². The van der Waals surface area contributed by atoms with Gasteiger partial charge < -0.3 is 5.32 Å². The molecule has 1 aromatic carbocycles. The molecule has 1 amide bonds. The highest BCUT2D eigenvalue weighted by atomic mass is 16.1. The molecular formula is C12H13NO. The molecule has 0 saturated carbocycles. The van der Waals surface area contributed by atoms with E-state index in [4.69, 9.17) is 0 Å². The van der Waals surface area contributed by atoms with E-state index in [-0.39, 0.29) is 5.91 Å². The van der Waals surface area contributed by atoms with Gasteiger partial charge in [0.2, 0.25) is 5.91 Å². The van der Waals surface area contributed by atoms with E-state index in [1.54, 1.807) is 0 Å². The molecule has 0 atom stereocenters. The quantitative estimate of drug-likeness (QED) is 0.669. The average Bonchev–Trinajstić information content (AvgIpc) is 2.65. The minimum Gasteiger partial charge on any atom is -0.352 e. The first kappa shape index (κ1) is 9.00. The Morgan fingerprint density at radius 2 is 2.00 bits per heavy atom. The molecule has 0 spiro atoms. The maximum Gasteiger partial charge on any atom is 0.247 e. The van der Waals surface area contributed by atoms with E-state index >= 15 is 0 Å². The Labute approximate surface area is 83.6 Å². The van der Waals surface area contributed by atoms with Gasteiger partial charge in [0, 0.05) is 12.1 Å². The second-order valence-electron chi connectivity index (χ2n) is 3.48. The van der Waals surface area contributed by atoms with Gasteiger partial charge in [0.25, 0.3) is 0 Å². The van der Waals surface area contributed by atoms with Crippen molar-refractivity contribution in [2.75, 3.05) is 6.54 Å². The summed E-state index contributed by atoms with van der Waals surface area (Å²) in [4.78, 5) is 11.4. The number of carbonyl (C=O) groups is 1. The fourth-order valence-corrected chi connectivity index (χ4v) is 1.74. The molecule has 1 heterocycles. The van der Waals surface area contributed by atoms with Crippen molar-refractivity contribution < 1.29 is 4.79 Å². The molecule has 1 fully saturated rings. The number of amides is 1. The Balaban J connectivity index is 2.40. The van der Waals surface area contributed by atoms with Gasteiger partial charge in [-0.3, -0.25) is 4.79 Å². The molecule has 0 bridgehead atoms. The van der Waals surface area contributed by atoms with Crippen LogP contribution in [0.5, 0.6) is 0 Å². The predicted octanol–water partition coefficient (Wildman–Crippen LogP) is 1.98. The molecule has 0 aliphatic carbocycles. The number of rotatable bonds is 1. The lowest BCUT2D eigenvalue weighted by Crippen LogP contribution is -2.14. The van der Waals surface area contributed by atoms with Crippen molar-refractivity contribution in [3.8, 4) is 0 Å². The van der Waals surface area contributed by atoms with E-state index in [1.165, 1.54) is 0 Å². The molecule has 0 unspecified atom stereocenters. The monoisotopic (exact) mass is 187 g/mol. The van der Waals surface area contributed by atoms with Crippen LogP contribution in [-0.2, 0) is 4.79 Å². The van der Waals surface area contributed by atoms with Crippen molar-refractivity contribution in [1.82, 2.24) is 5.32 Å². The van der Waals surface area contributed by atoms with Crippen LogP contribution in [0, 0.1) is 0 Å². The van der Waals surface area contributed by atoms with Crippen molar-refractivity contribution in [2.24, 2.45) is 0 Å². The highest BCUT2D eigenvalue weighted by Crippen LogP contribution is 2.22. The van der Waals surface area contributed by atoms with E-state index in [0.717, 1.165) is 29.7 Å². The molecule has 0 aromatic heterocycles. The molecule has 1 saturated heterocycles. The van der Waals surface area contributed by atoms with Gasteiger partial charge in [-0.15, -0.1) is 0 Å². The Morgan fingerprint density at radius 3 is 2.57 bits per heavy atom. The lowest BCUT2D eigenvalue weighted by Gasteiger charge is -2.03. The molecule has 2 heteroatoms. The van der Waals surface area contributed by atoms with Crippen LogP contribution in [0.4, 0.5) is 0 Å². The molecule has 0 radical (unpaired) electrons. The van der Waals surface area contributed by atoms with Crippen LogP contribution >= 0.6 is 0 Å². The van der Waals surface area contributed by atoms with Crippen LogP contribution in [-0.4, -0.2) is 12.5 Å². The van der Waals surface area contributed by atoms with E-state index in [9.17, 15) is 4.79 Å². The Bertz CT molecular complexity index is 379. The highest BCUT2D eigenvalue weighted by Gasteiger charge is 2.18. The second-order valence-corrected chi connectivity index (χ2v) is 3.48. The molecule has 72 valence electrons. The van der Waals surface area contributed by atoms with Gasteiger partial charge in [-0.25, -0.2) is 0 Å². The van der Waals surface area contributed by atoms with E-state index in [0.29, 0.717) is 0 Å². The first-order valence-corrected chi connectivity index (χ1v) is 4.82. The highest BCUT2D eigenvalue weighted by molar-refractivity contribution is 6.02. The fraction of sp³-hybridized carbons (Fsp3) is 0.250. The minimum absolute atomic E-state index is 0.0892. The maximum atomic E-state index is 11.4. The van der Waals surface area contributed by atoms with Gasteiger partial charge >= 0.3 is 0 Å². The van der Waals surface area contributed by atoms with Gasteiger partial charge in [-0.05, 0) is 24.5 Å². The Morgan fingerprint density at radius 1 is 1.29 bits per heavy atom. The summed E-state index contributed by atoms with van der Waals surface area (Å²) >= 11 is 0. The zero-order chi connectivity index (χ0) is 9.97. The lowest BCUT2D eigenvalue weighted by atomic mass is 10.0. The third-order valence-corrected chi connectivity index (χ3v) is 2.59. The zero-order valence-electron chi connectivity index (χ0n) is 8.21. The van der Waals surface area contributed by atoms with Crippen molar-refractivity contribution in [1.29, 1.82) is 0 Å². The molecule has 1 aliphatic rings. The summed E-state index contributed by atoms with van der Waals surface area (Å²) in [6.45, 7) is 2.79. The number of benzene rings is 1. The van der Waals surface area contributed by atoms with Crippen molar-refractivity contribution in [3.05, 3.63) is 41.5 Å². The Hall–Kier alpha value is -1.57. The van der Waals surface area contributed by atoms with E-state index in [2.05, 4.69) is 5.32 Å². The second kappa shape index (κ2) is 3.66. The number of hydrogen-bond acceptors (Lipinski definition) is 1. The average molecular weight is 187 g/mol. The van der Waals surface area contributed by atoms with Gasteiger partial charge in [-0.2, -0.15) is 0 Å². The number of carbonyl (C=O) groups excluding carboxylic acids is 1. The summed E-state index contributed by atoms with van der Waals surface area (Å²) in [5.41, 5.74) is 3.16. The standard InChI is InChI=1S/C12H13NO/c1-9(10-5-3-2-4-6-10)11-7-8-13-12(11)14/h2-6H,7-8H2,1H3,(H,13,14)/b11-9-. The SMILES string of the molecule is C/C(=C1\CCNC1=O)c1ccccc1. The Kier molecular flexibility index (Phi) is 2.35. The summed E-state index contributed by atoms with van der Waals surface area (Å²) in [7, 11) is 0. The van der Waals surface area contributed by atoms with Crippen molar-refractivity contribution in [2.45, 2.75) is 13.3 Å². The lowest BCUT2D eigenvalue weighted by molar-refractivity contribution is -0.116. The van der Waals surface area contributed by atoms with Crippen LogP contribution in [0.3, 0.4) is 0 Å². The molecule has 2 nitrogen and oxygen atoms in total. The fourth-order valence-electron chi connectivity index (χ4n) is 1.74. The molecule has 1 aromatic rings. The van der Waals surface area contributed by atoms with Crippen LogP contribution in [0.1, 0.15) is 18.9 Å².